The predicted octanol–water partition coefficient (Wildman–Crippen LogP) is 4.43. The van der Waals surface area contributed by atoms with E-state index in [2.05, 4.69) is 6.58 Å². The molecule has 4 aliphatic rings. The van der Waals surface area contributed by atoms with Crippen molar-refractivity contribution in [2.24, 2.45) is 23.7 Å². The number of aliphatic hydroxyl groups is 2. The molecule has 0 aromatic heterocycles. The second-order valence-corrected chi connectivity index (χ2v) is 18.4. The molecule has 58 heavy (non-hydrogen) atoms. The number of nitrogens with one attached hydrogen (secondary N) is 1. The fourth-order valence-electron chi connectivity index (χ4n) is 9.75. The van der Waals surface area contributed by atoms with Gasteiger partial charge in [0.1, 0.15) is 23.4 Å². The van der Waals surface area contributed by atoms with Crippen molar-refractivity contribution in [1.82, 2.24) is 4.90 Å². The van der Waals surface area contributed by atoms with Crippen LogP contribution in [0.2, 0.25) is 0 Å². The number of rotatable bonds is 8. The molecule has 4 rings (SSSR count). The van der Waals surface area contributed by atoms with Crippen LogP contribution in [-0.4, -0.2) is 151 Å². The average Bonchev–Trinajstić information content (AvgIpc) is 3.15. The van der Waals surface area contributed by atoms with Crippen LogP contribution in [0.5, 0.6) is 0 Å². The van der Waals surface area contributed by atoms with Gasteiger partial charge in [0, 0.05) is 44.0 Å². The van der Waals surface area contributed by atoms with Crippen molar-refractivity contribution < 1.29 is 62.4 Å². The first kappa shape index (κ1) is 48.6. The highest BCUT2D eigenvalue weighted by molar-refractivity contribution is 5.86. The smallest absolute Gasteiger partial charge is 0.311 e. The molecule has 334 valence electrons. The molecule has 15 heteroatoms. The molecule has 2 bridgehead atoms. The molecule has 15 nitrogen and oxygen atoms in total. The molecule has 0 aromatic rings. The fraction of sp³-hybridized carbons (Fsp3) is 0.884. The van der Waals surface area contributed by atoms with E-state index in [1.807, 2.05) is 67.5 Å². The van der Waals surface area contributed by atoms with Gasteiger partial charge in [-0.15, -0.1) is 0 Å². The Morgan fingerprint density at radius 2 is 1.66 bits per heavy atom. The molecule has 18 atom stereocenters. The van der Waals surface area contributed by atoms with Gasteiger partial charge in [-0.25, -0.2) is 0 Å². The highest BCUT2D eigenvalue weighted by Crippen LogP contribution is 2.43. The number of ether oxygens (including phenoxy) is 9. The molecule has 0 aliphatic carbocycles. The third-order valence-corrected chi connectivity index (χ3v) is 13.2. The van der Waals surface area contributed by atoms with Crippen molar-refractivity contribution in [3.8, 4) is 0 Å². The number of cyclic esters (lactones) is 1. The molecule has 0 spiro atoms. The zero-order valence-electron chi connectivity index (χ0n) is 37.4. The molecular formula is C43H74N2O13. The Hall–Kier alpha value is -2.05. The quantitative estimate of drug-likeness (QED) is 0.231. The van der Waals surface area contributed by atoms with E-state index in [-0.39, 0.29) is 44.6 Å². The lowest BCUT2D eigenvalue weighted by atomic mass is 9.73. The van der Waals surface area contributed by atoms with Gasteiger partial charge in [-0.3, -0.25) is 9.59 Å². The molecule has 4 heterocycles. The van der Waals surface area contributed by atoms with Gasteiger partial charge in [0.2, 0.25) is 0 Å². The molecule has 0 saturated carbocycles. The lowest BCUT2D eigenvalue weighted by Gasteiger charge is -2.50. The zero-order valence-corrected chi connectivity index (χ0v) is 37.4. The van der Waals surface area contributed by atoms with E-state index in [4.69, 9.17) is 42.6 Å². The summed E-state index contributed by atoms with van der Waals surface area (Å²) in [6, 6.07) is -0.278. The molecule has 0 unspecified atom stereocenters. The summed E-state index contributed by atoms with van der Waals surface area (Å²) in [7, 11) is 5.34. The fourth-order valence-corrected chi connectivity index (χ4v) is 9.75. The topological polar surface area (TPSA) is 185 Å². The van der Waals surface area contributed by atoms with Crippen molar-refractivity contribution in [2.45, 2.75) is 186 Å². The number of methoxy groups -OCH3 is 1. The molecule has 0 amide bonds. The van der Waals surface area contributed by atoms with Gasteiger partial charge in [0.05, 0.1) is 55.3 Å². The van der Waals surface area contributed by atoms with E-state index in [9.17, 15) is 25.2 Å². The second kappa shape index (κ2) is 19.3. The normalized spacial score (nSPS) is 46.4. The van der Waals surface area contributed by atoms with Crippen LogP contribution in [0.25, 0.3) is 0 Å². The highest BCUT2D eigenvalue weighted by Gasteiger charge is 2.55. The molecule has 0 aromatic carbocycles. The van der Waals surface area contributed by atoms with Crippen LogP contribution in [0.3, 0.4) is 0 Å². The van der Waals surface area contributed by atoms with E-state index in [1.54, 1.807) is 20.8 Å². The number of nitrogens with zero attached hydrogens (tertiary/aromatic N) is 1. The van der Waals surface area contributed by atoms with Gasteiger partial charge in [-0.05, 0) is 86.4 Å². The third kappa shape index (κ3) is 10.5. The van der Waals surface area contributed by atoms with E-state index in [1.165, 1.54) is 14.0 Å². The molecular weight excluding hydrogens is 752 g/mol. The maximum absolute atomic E-state index is 14.6. The van der Waals surface area contributed by atoms with Gasteiger partial charge >= 0.3 is 11.9 Å². The minimum Gasteiger partial charge on any atom is -0.459 e. The van der Waals surface area contributed by atoms with Gasteiger partial charge in [-0.2, -0.15) is 0 Å². The minimum atomic E-state index is -1.71. The lowest BCUT2D eigenvalue weighted by Crippen LogP contribution is -2.62. The number of carbonyl (C=O) groups excluding carboxylic acids is 2. The van der Waals surface area contributed by atoms with E-state index in [0.29, 0.717) is 17.7 Å². The number of fused-ring (bicyclic) bond motifs is 5. The van der Waals surface area contributed by atoms with Gasteiger partial charge < -0.3 is 63.2 Å². The largest absolute Gasteiger partial charge is 0.459 e. The molecule has 4 saturated heterocycles. The third-order valence-electron chi connectivity index (χ3n) is 13.2. The number of carbonyl (C=O) groups is 2. The number of hydrogen-bond acceptors (Lipinski definition) is 15. The molecule has 0 radical (unpaired) electrons. The summed E-state index contributed by atoms with van der Waals surface area (Å²) >= 11 is 0. The first-order valence-electron chi connectivity index (χ1n) is 21.0. The Kier molecular flexibility index (Phi) is 16.2. The van der Waals surface area contributed by atoms with Crippen LogP contribution >= 0.6 is 0 Å². The standard InChI is InChI=1S/C43H74N2O13/c1-16-31-43(12,49)37-25(5)33(44)23(3)18-42(11,52-21-22(2)20-51-37)36(58-40-34(47)30(45(13)14)17-24(4)53-40)26(6)35(27(7)39(48)56-31)57-32-19-41(10,50-15)38(28(8)54-32)55-29(9)46/h23-28,30-32,34-38,40,44,47,49H,2,16-21H2,1,3-15H3/t23-,24-,25-,26+,27-,28+,30+,31+,32+,34-,35+,36-,37+,38+,40+,41-,42-,43-/m1/s1. The van der Waals surface area contributed by atoms with Crippen LogP contribution in [0, 0.1) is 29.1 Å². The maximum atomic E-state index is 14.6. The summed E-state index contributed by atoms with van der Waals surface area (Å²) in [6.07, 6.45) is -7.40. The Labute approximate surface area is 346 Å². The number of aliphatic hydroxyl groups excluding tert-OH is 1. The summed E-state index contributed by atoms with van der Waals surface area (Å²) in [6.45, 7) is 23.9. The first-order valence-corrected chi connectivity index (χ1v) is 21.0. The Bertz CT molecular complexity index is 1440. The van der Waals surface area contributed by atoms with Crippen LogP contribution in [0.15, 0.2) is 12.2 Å². The Balaban J connectivity index is 1.93. The van der Waals surface area contributed by atoms with E-state index >= 15 is 0 Å². The lowest BCUT2D eigenvalue weighted by molar-refractivity contribution is -0.320. The first-order chi connectivity index (χ1) is 26.9. The van der Waals surface area contributed by atoms with Crippen LogP contribution < -0.4 is 0 Å². The van der Waals surface area contributed by atoms with Crippen LogP contribution in [0.1, 0.15) is 102 Å². The molecule has 3 N–H and O–H groups in total. The maximum Gasteiger partial charge on any atom is 0.311 e. The second-order valence-electron chi connectivity index (χ2n) is 18.4. The number of hydrogen-bond donors (Lipinski definition) is 3. The Morgan fingerprint density at radius 3 is 2.24 bits per heavy atom. The summed E-state index contributed by atoms with van der Waals surface area (Å²) < 4.78 is 57.9. The van der Waals surface area contributed by atoms with Crippen LogP contribution in [-0.2, 0) is 52.2 Å². The van der Waals surface area contributed by atoms with Crippen molar-refractivity contribution in [3.05, 3.63) is 12.2 Å². The van der Waals surface area contributed by atoms with Gasteiger partial charge in [-0.1, -0.05) is 34.3 Å². The summed E-state index contributed by atoms with van der Waals surface area (Å²) in [4.78, 5) is 28.6. The summed E-state index contributed by atoms with van der Waals surface area (Å²) in [5.41, 5.74) is -3.03. The SMILES string of the molecule is C=C1CO[C@H]2[C@H](C)C(=N)[C@H](C)C[C@@](C)(OC1)[C@H](O[C@@H]1O[C@H](C)C[C@H](N(C)C)[C@H]1O)[C@@H](C)[C@H](O[C@H]1C[C@@](C)(OC)[C@@H](OC(C)=O)[C@H](C)O1)[C@@H](C)C(=O)O[C@@H](CC)[C@@]2(C)O. The summed E-state index contributed by atoms with van der Waals surface area (Å²) in [5.74, 6) is -3.81. The monoisotopic (exact) mass is 827 g/mol. The molecule has 4 fully saturated rings. The van der Waals surface area contributed by atoms with E-state index < -0.39 is 108 Å². The number of esters is 2. The van der Waals surface area contributed by atoms with Gasteiger partial charge in [0.25, 0.3) is 0 Å². The highest BCUT2D eigenvalue weighted by atomic mass is 16.7. The van der Waals surface area contributed by atoms with E-state index in [0.717, 1.165) is 0 Å². The Morgan fingerprint density at radius 1 is 1.00 bits per heavy atom. The molecule has 4 aliphatic heterocycles. The summed E-state index contributed by atoms with van der Waals surface area (Å²) in [5, 5.41) is 33.6. The number of likely N-dealkylation sites (N-methyl/N-ethyl adjacent to an activating group) is 1. The van der Waals surface area contributed by atoms with Gasteiger partial charge in [0.15, 0.2) is 18.7 Å². The minimum absolute atomic E-state index is 0.0206. The van der Waals surface area contributed by atoms with Crippen molar-refractivity contribution in [1.29, 1.82) is 5.41 Å². The van der Waals surface area contributed by atoms with Crippen molar-refractivity contribution >= 4 is 17.7 Å². The van der Waals surface area contributed by atoms with Crippen molar-refractivity contribution in [2.75, 3.05) is 34.4 Å². The van der Waals surface area contributed by atoms with Crippen molar-refractivity contribution in [3.63, 3.8) is 0 Å². The van der Waals surface area contributed by atoms with Crippen LogP contribution in [0.4, 0.5) is 0 Å². The predicted molar refractivity (Wildman–Crippen MR) is 215 cm³/mol. The average molecular weight is 827 g/mol. The zero-order chi connectivity index (χ0) is 43.7.